The molecule has 1 N–H and O–H groups in total. The number of hydrogen-bond donors (Lipinski definition) is 1. The Balaban J connectivity index is 1.25. The van der Waals surface area contributed by atoms with E-state index >= 15 is 0 Å². The Hall–Kier alpha value is -3.95. The second kappa shape index (κ2) is 9.91. The highest BCUT2D eigenvalue weighted by molar-refractivity contribution is 6.09. The standard InChI is InChI=1S/C31H33N5O4/c1-33-17-21(13-20(30(33)38)14-22-15-24-19-40-12-11-36(24)32-22)25-6-4-7-28(27(25)18-37)35-10-8-29-26(31(35)39)16-23-5-2-3-9-34(23)29/h4,6-7,13,15-17,37H,2-3,5,8-12,14,18-19H2,1H3. The number of benzene rings is 1. The number of carbonyl (C=O) groups excluding carboxylic acids is 1. The fourth-order valence-corrected chi connectivity index (χ4v) is 6.61. The van der Waals surface area contributed by atoms with Crippen molar-refractivity contribution in [3.63, 3.8) is 0 Å². The molecule has 0 unspecified atom stereocenters. The van der Waals surface area contributed by atoms with Crippen LogP contribution in [0, 0.1) is 0 Å². The van der Waals surface area contributed by atoms with Gasteiger partial charge in [0.25, 0.3) is 11.5 Å². The second-order valence-corrected chi connectivity index (χ2v) is 11.0. The highest BCUT2D eigenvalue weighted by Gasteiger charge is 2.32. The molecule has 0 spiro atoms. The van der Waals surface area contributed by atoms with Gasteiger partial charge in [0.2, 0.25) is 0 Å². The number of pyridine rings is 1. The van der Waals surface area contributed by atoms with Gasteiger partial charge in [0.05, 0.1) is 49.0 Å². The van der Waals surface area contributed by atoms with Crippen LogP contribution in [0.3, 0.4) is 0 Å². The van der Waals surface area contributed by atoms with Crippen LogP contribution in [0.25, 0.3) is 11.1 Å². The summed E-state index contributed by atoms with van der Waals surface area (Å²) in [4.78, 5) is 28.7. The van der Waals surface area contributed by atoms with Crippen LogP contribution in [0.15, 0.2) is 47.4 Å². The Kier molecular flexibility index (Phi) is 6.20. The summed E-state index contributed by atoms with van der Waals surface area (Å²) in [5.74, 6) is -0.0103. The van der Waals surface area contributed by atoms with Gasteiger partial charge in [0.1, 0.15) is 0 Å². The van der Waals surface area contributed by atoms with Crippen LogP contribution >= 0.6 is 0 Å². The van der Waals surface area contributed by atoms with Gasteiger partial charge < -0.3 is 23.9 Å². The maximum absolute atomic E-state index is 13.8. The number of anilines is 1. The molecule has 1 amide bonds. The number of rotatable bonds is 5. The lowest BCUT2D eigenvalue weighted by Crippen LogP contribution is -2.38. The van der Waals surface area contributed by atoms with Crippen molar-refractivity contribution in [1.82, 2.24) is 18.9 Å². The van der Waals surface area contributed by atoms with E-state index in [1.807, 2.05) is 39.9 Å². The monoisotopic (exact) mass is 539 g/mol. The smallest absolute Gasteiger partial charge is 0.260 e. The maximum Gasteiger partial charge on any atom is 0.260 e. The van der Waals surface area contributed by atoms with Gasteiger partial charge in [0.15, 0.2) is 0 Å². The minimum Gasteiger partial charge on any atom is -0.392 e. The predicted octanol–water partition coefficient (Wildman–Crippen LogP) is 3.20. The first kappa shape index (κ1) is 25.0. The average Bonchev–Trinajstić information content (AvgIpc) is 3.56. The zero-order valence-electron chi connectivity index (χ0n) is 22.7. The number of aliphatic hydroxyl groups is 1. The van der Waals surface area contributed by atoms with Crippen LogP contribution < -0.4 is 10.5 Å². The van der Waals surface area contributed by atoms with Gasteiger partial charge in [-0.3, -0.25) is 14.3 Å². The molecule has 3 aliphatic heterocycles. The van der Waals surface area contributed by atoms with Gasteiger partial charge >= 0.3 is 0 Å². The molecule has 0 saturated heterocycles. The van der Waals surface area contributed by atoms with Crippen LogP contribution in [0.2, 0.25) is 0 Å². The average molecular weight is 540 g/mol. The molecule has 0 saturated carbocycles. The lowest BCUT2D eigenvalue weighted by Gasteiger charge is -2.30. The van der Waals surface area contributed by atoms with E-state index in [2.05, 4.69) is 15.7 Å². The summed E-state index contributed by atoms with van der Waals surface area (Å²) in [6.45, 7) is 3.21. The van der Waals surface area contributed by atoms with Gasteiger partial charge in [-0.2, -0.15) is 5.10 Å². The molecule has 40 heavy (non-hydrogen) atoms. The summed E-state index contributed by atoms with van der Waals surface area (Å²) in [6, 6.07) is 11.8. The molecule has 3 aromatic heterocycles. The minimum absolute atomic E-state index is 0.0103. The molecular formula is C31H33N5O4. The summed E-state index contributed by atoms with van der Waals surface area (Å²) in [5.41, 5.74) is 8.62. The van der Waals surface area contributed by atoms with Crippen LogP contribution in [0.4, 0.5) is 5.69 Å². The Morgan fingerprint density at radius 1 is 1.00 bits per heavy atom. The molecule has 3 aliphatic rings. The first-order valence-corrected chi connectivity index (χ1v) is 14.1. The van der Waals surface area contributed by atoms with Crippen molar-refractivity contribution in [1.29, 1.82) is 0 Å². The Morgan fingerprint density at radius 3 is 2.75 bits per heavy atom. The van der Waals surface area contributed by atoms with Gasteiger partial charge in [-0.1, -0.05) is 12.1 Å². The minimum atomic E-state index is -0.222. The van der Waals surface area contributed by atoms with Crippen molar-refractivity contribution in [2.24, 2.45) is 7.05 Å². The van der Waals surface area contributed by atoms with Crippen LogP contribution in [-0.2, 0) is 57.4 Å². The largest absolute Gasteiger partial charge is 0.392 e. The molecule has 9 nitrogen and oxygen atoms in total. The zero-order chi connectivity index (χ0) is 27.4. The van der Waals surface area contributed by atoms with Crippen molar-refractivity contribution in [3.8, 4) is 11.1 Å². The van der Waals surface area contributed by atoms with Crippen LogP contribution in [0.5, 0.6) is 0 Å². The van der Waals surface area contributed by atoms with E-state index in [4.69, 9.17) is 4.74 Å². The maximum atomic E-state index is 13.8. The van der Waals surface area contributed by atoms with E-state index in [0.29, 0.717) is 43.9 Å². The summed E-state index contributed by atoms with van der Waals surface area (Å²) >= 11 is 0. The van der Waals surface area contributed by atoms with Crippen molar-refractivity contribution < 1.29 is 14.6 Å². The summed E-state index contributed by atoms with van der Waals surface area (Å²) in [5, 5.41) is 15.3. The second-order valence-electron chi connectivity index (χ2n) is 11.0. The number of fused-ring (bicyclic) bond motifs is 4. The number of aryl methyl sites for hydroxylation is 2. The highest BCUT2D eigenvalue weighted by atomic mass is 16.5. The first-order valence-electron chi connectivity index (χ1n) is 14.1. The number of amides is 1. The summed E-state index contributed by atoms with van der Waals surface area (Å²) < 4.78 is 11.4. The van der Waals surface area contributed by atoms with E-state index in [1.54, 1.807) is 17.8 Å². The topological polar surface area (TPSA) is 94.5 Å². The third-order valence-corrected chi connectivity index (χ3v) is 8.56. The quantitative estimate of drug-likeness (QED) is 0.420. The molecule has 0 aliphatic carbocycles. The van der Waals surface area contributed by atoms with Gasteiger partial charge in [0, 0.05) is 61.7 Å². The normalized spacial score (nSPS) is 16.6. The molecule has 1 aromatic carbocycles. The zero-order valence-corrected chi connectivity index (χ0v) is 22.7. The molecule has 4 aromatic rings. The Morgan fingerprint density at radius 2 is 1.90 bits per heavy atom. The first-order chi connectivity index (χ1) is 19.5. The number of carbonyl (C=O) groups is 1. The number of nitrogens with zero attached hydrogens (tertiary/aromatic N) is 5. The van der Waals surface area contributed by atoms with Gasteiger partial charge in [-0.05, 0) is 54.7 Å². The fraction of sp³-hybridized carbons (Fsp3) is 0.387. The predicted molar refractivity (Wildman–Crippen MR) is 150 cm³/mol. The molecule has 206 valence electrons. The molecule has 6 heterocycles. The highest BCUT2D eigenvalue weighted by Crippen LogP contribution is 2.36. The lowest BCUT2D eigenvalue weighted by molar-refractivity contribution is 0.0800. The molecule has 9 heteroatoms. The van der Waals surface area contributed by atoms with Crippen molar-refractivity contribution in [2.45, 2.75) is 58.4 Å². The van der Waals surface area contributed by atoms with E-state index in [0.717, 1.165) is 71.7 Å². The van der Waals surface area contributed by atoms with Crippen molar-refractivity contribution >= 4 is 11.6 Å². The molecule has 0 atom stereocenters. The molecule has 0 radical (unpaired) electrons. The summed E-state index contributed by atoms with van der Waals surface area (Å²) in [7, 11) is 1.74. The Bertz CT molecular complexity index is 1670. The van der Waals surface area contributed by atoms with E-state index in [-0.39, 0.29) is 18.1 Å². The third kappa shape index (κ3) is 4.12. The van der Waals surface area contributed by atoms with E-state index in [9.17, 15) is 14.7 Å². The SMILES string of the molecule is Cn1cc(-c2cccc(N3CCc4c(cc5n4CCCC5)C3=O)c2CO)cc(Cc2cc3n(n2)CCOC3)c1=O. The fourth-order valence-electron chi connectivity index (χ4n) is 6.61. The van der Waals surface area contributed by atoms with E-state index < -0.39 is 0 Å². The molecule has 0 fully saturated rings. The lowest BCUT2D eigenvalue weighted by atomic mass is 9.96. The molecule has 7 rings (SSSR count). The van der Waals surface area contributed by atoms with Crippen LogP contribution in [0.1, 0.15) is 57.1 Å². The van der Waals surface area contributed by atoms with Gasteiger partial charge in [-0.15, -0.1) is 0 Å². The van der Waals surface area contributed by atoms with E-state index in [1.165, 1.54) is 5.69 Å². The molecule has 0 bridgehead atoms. The van der Waals surface area contributed by atoms with Crippen molar-refractivity contribution in [2.75, 3.05) is 18.1 Å². The van der Waals surface area contributed by atoms with Crippen molar-refractivity contribution in [3.05, 3.63) is 92.4 Å². The number of hydrogen-bond acceptors (Lipinski definition) is 5. The van der Waals surface area contributed by atoms with Gasteiger partial charge in [-0.25, -0.2) is 0 Å². The third-order valence-electron chi connectivity index (χ3n) is 8.56. The Labute approximate surface area is 232 Å². The molecular weight excluding hydrogens is 506 g/mol. The number of aliphatic hydroxyl groups excluding tert-OH is 1. The number of aromatic nitrogens is 4. The number of ether oxygens (including phenoxy) is 1. The van der Waals surface area contributed by atoms with Crippen LogP contribution in [-0.4, -0.2) is 43.1 Å². The summed E-state index contributed by atoms with van der Waals surface area (Å²) in [6.07, 6.45) is 6.33.